The van der Waals surface area contributed by atoms with Crippen molar-refractivity contribution in [1.29, 1.82) is 5.26 Å². The minimum absolute atomic E-state index is 0.321. The molecule has 0 radical (unpaired) electrons. The molecule has 22 heavy (non-hydrogen) atoms. The van der Waals surface area contributed by atoms with Crippen LogP contribution in [-0.4, -0.2) is 26.8 Å². The van der Waals surface area contributed by atoms with E-state index >= 15 is 0 Å². The van der Waals surface area contributed by atoms with Gasteiger partial charge in [-0.1, -0.05) is 12.1 Å². The molecule has 0 atom stereocenters. The number of esters is 1. The van der Waals surface area contributed by atoms with Crippen LogP contribution in [0.5, 0.6) is 0 Å². The number of imidazole rings is 1. The van der Waals surface area contributed by atoms with E-state index < -0.39 is 0 Å². The van der Waals surface area contributed by atoms with Crippen LogP contribution in [0.15, 0.2) is 42.9 Å². The standard InChI is InChI=1S/C16H14N4O2/c1-2-22-16(21)14-10-18-20-7-6-19(15(14)20)11-13-5-3-4-12(8-13)9-17/h3-8,10H,2,11H2,1H3. The number of rotatable bonds is 4. The average molecular weight is 294 g/mol. The van der Waals surface area contributed by atoms with E-state index in [1.807, 2.05) is 29.0 Å². The molecule has 3 rings (SSSR count). The predicted molar refractivity (Wildman–Crippen MR) is 79.4 cm³/mol. The van der Waals surface area contributed by atoms with E-state index in [0.717, 1.165) is 5.56 Å². The van der Waals surface area contributed by atoms with E-state index in [-0.39, 0.29) is 5.97 Å². The van der Waals surface area contributed by atoms with E-state index in [0.29, 0.717) is 29.9 Å². The van der Waals surface area contributed by atoms with Crippen LogP contribution in [0.2, 0.25) is 0 Å². The summed E-state index contributed by atoms with van der Waals surface area (Å²) in [4.78, 5) is 12.0. The van der Waals surface area contributed by atoms with Crippen molar-refractivity contribution in [2.45, 2.75) is 13.5 Å². The Labute approximate surface area is 127 Å². The van der Waals surface area contributed by atoms with Crippen molar-refractivity contribution in [3.63, 3.8) is 0 Å². The Morgan fingerprint density at radius 3 is 3.05 bits per heavy atom. The van der Waals surface area contributed by atoms with Gasteiger partial charge in [-0.15, -0.1) is 0 Å². The van der Waals surface area contributed by atoms with Gasteiger partial charge in [-0.05, 0) is 24.6 Å². The first-order valence-corrected chi connectivity index (χ1v) is 6.91. The number of aromatic nitrogens is 3. The van der Waals surface area contributed by atoms with Gasteiger partial charge in [-0.25, -0.2) is 9.31 Å². The second-order valence-electron chi connectivity index (χ2n) is 4.79. The highest BCUT2D eigenvalue weighted by atomic mass is 16.5. The third-order valence-electron chi connectivity index (χ3n) is 3.33. The van der Waals surface area contributed by atoms with Crippen LogP contribution in [0.3, 0.4) is 0 Å². The third-order valence-corrected chi connectivity index (χ3v) is 3.33. The number of nitriles is 1. The molecule has 0 unspecified atom stereocenters. The van der Waals surface area contributed by atoms with Crippen molar-refractivity contribution < 1.29 is 9.53 Å². The van der Waals surface area contributed by atoms with Gasteiger partial charge in [0.2, 0.25) is 0 Å². The molecule has 1 aromatic carbocycles. The van der Waals surface area contributed by atoms with Gasteiger partial charge in [-0.3, -0.25) is 0 Å². The van der Waals surface area contributed by atoms with Gasteiger partial charge in [-0.2, -0.15) is 10.4 Å². The molecule has 0 bridgehead atoms. The Morgan fingerprint density at radius 2 is 2.27 bits per heavy atom. The van der Waals surface area contributed by atoms with Crippen molar-refractivity contribution in [3.8, 4) is 6.07 Å². The molecule has 0 N–H and O–H groups in total. The zero-order valence-electron chi connectivity index (χ0n) is 12.1. The van der Waals surface area contributed by atoms with Crippen molar-refractivity contribution in [2.75, 3.05) is 6.61 Å². The van der Waals surface area contributed by atoms with Crippen molar-refractivity contribution in [3.05, 3.63) is 59.5 Å². The number of carbonyl (C=O) groups is 1. The first-order valence-electron chi connectivity index (χ1n) is 6.91. The van der Waals surface area contributed by atoms with E-state index in [1.165, 1.54) is 6.20 Å². The highest BCUT2D eigenvalue weighted by Gasteiger charge is 2.17. The van der Waals surface area contributed by atoms with Crippen LogP contribution in [0, 0.1) is 11.3 Å². The van der Waals surface area contributed by atoms with Crippen LogP contribution in [0.4, 0.5) is 0 Å². The van der Waals surface area contributed by atoms with Gasteiger partial charge < -0.3 is 9.30 Å². The quantitative estimate of drug-likeness (QED) is 0.692. The normalized spacial score (nSPS) is 10.5. The van der Waals surface area contributed by atoms with Gasteiger partial charge in [0.1, 0.15) is 5.56 Å². The summed E-state index contributed by atoms with van der Waals surface area (Å²) < 4.78 is 8.61. The maximum Gasteiger partial charge on any atom is 0.343 e. The van der Waals surface area contributed by atoms with Gasteiger partial charge in [0.15, 0.2) is 5.65 Å². The van der Waals surface area contributed by atoms with E-state index in [9.17, 15) is 4.79 Å². The Hall–Kier alpha value is -3.07. The SMILES string of the molecule is CCOC(=O)c1cnn2ccn(Cc3cccc(C#N)c3)c12. The molecule has 0 fully saturated rings. The van der Waals surface area contributed by atoms with Crippen LogP contribution in [-0.2, 0) is 11.3 Å². The number of carbonyl (C=O) groups excluding carboxylic acids is 1. The molecule has 2 heterocycles. The number of hydrogen-bond acceptors (Lipinski definition) is 4. The molecule has 0 amide bonds. The van der Waals surface area contributed by atoms with Gasteiger partial charge in [0.05, 0.1) is 24.4 Å². The van der Waals surface area contributed by atoms with E-state index in [4.69, 9.17) is 10.00 Å². The summed E-state index contributed by atoms with van der Waals surface area (Å²) in [6.07, 6.45) is 5.14. The highest BCUT2D eigenvalue weighted by Crippen LogP contribution is 2.16. The Kier molecular flexibility index (Phi) is 3.62. The molecule has 0 aliphatic carbocycles. The number of hydrogen-bond donors (Lipinski definition) is 0. The second kappa shape index (κ2) is 5.74. The third kappa shape index (κ3) is 2.44. The lowest BCUT2D eigenvalue weighted by Gasteiger charge is -2.06. The Morgan fingerprint density at radius 1 is 1.41 bits per heavy atom. The molecule has 2 aromatic heterocycles. The molecule has 110 valence electrons. The summed E-state index contributed by atoms with van der Waals surface area (Å²) in [7, 11) is 0. The van der Waals surface area contributed by atoms with Crippen LogP contribution in [0.25, 0.3) is 5.65 Å². The Balaban J connectivity index is 1.99. The minimum atomic E-state index is -0.386. The summed E-state index contributed by atoms with van der Waals surface area (Å²) in [6.45, 7) is 2.64. The van der Waals surface area contributed by atoms with Gasteiger partial charge in [0, 0.05) is 18.9 Å². The second-order valence-corrected chi connectivity index (χ2v) is 4.79. The predicted octanol–water partition coefficient (Wildman–Crippen LogP) is 2.23. The molecule has 0 aliphatic rings. The lowest BCUT2D eigenvalue weighted by molar-refractivity contribution is 0.0528. The van der Waals surface area contributed by atoms with E-state index in [1.54, 1.807) is 23.7 Å². The summed E-state index contributed by atoms with van der Waals surface area (Å²) in [6, 6.07) is 9.50. The number of ether oxygens (including phenoxy) is 1. The molecular formula is C16H14N4O2. The molecule has 0 saturated heterocycles. The monoisotopic (exact) mass is 294 g/mol. The highest BCUT2D eigenvalue weighted by molar-refractivity contribution is 5.95. The molecule has 0 saturated carbocycles. The molecule has 6 nitrogen and oxygen atoms in total. The molecular weight excluding hydrogens is 280 g/mol. The summed E-state index contributed by atoms with van der Waals surface area (Å²) in [5, 5.41) is 13.1. The van der Waals surface area contributed by atoms with Crippen molar-refractivity contribution >= 4 is 11.6 Å². The molecule has 6 heteroatoms. The number of nitrogens with zero attached hydrogens (tertiary/aromatic N) is 4. The maximum absolute atomic E-state index is 12.0. The van der Waals surface area contributed by atoms with Gasteiger partial charge >= 0.3 is 5.97 Å². The van der Waals surface area contributed by atoms with Crippen molar-refractivity contribution in [2.24, 2.45) is 0 Å². The zero-order valence-corrected chi connectivity index (χ0v) is 12.1. The van der Waals surface area contributed by atoms with E-state index in [2.05, 4.69) is 11.2 Å². The number of benzene rings is 1. The molecule has 0 aliphatic heterocycles. The van der Waals surface area contributed by atoms with Crippen LogP contribution < -0.4 is 0 Å². The topological polar surface area (TPSA) is 72.3 Å². The fraction of sp³-hybridized carbons (Fsp3) is 0.188. The lowest BCUT2D eigenvalue weighted by Crippen LogP contribution is -2.07. The van der Waals surface area contributed by atoms with Crippen LogP contribution >= 0.6 is 0 Å². The molecule has 0 spiro atoms. The maximum atomic E-state index is 12.0. The Bertz CT molecular complexity index is 870. The first-order chi connectivity index (χ1) is 10.7. The minimum Gasteiger partial charge on any atom is -0.462 e. The first kappa shape index (κ1) is 13.9. The van der Waals surface area contributed by atoms with Crippen LogP contribution in [0.1, 0.15) is 28.4 Å². The van der Waals surface area contributed by atoms with Gasteiger partial charge in [0.25, 0.3) is 0 Å². The summed E-state index contributed by atoms with van der Waals surface area (Å²) in [5.74, 6) is -0.386. The fourth-order valence-electron chi connectivity index (χ4n) is 2.38. The average Bonchev–Trinajstić information content (AvgIpc) is 3.11. The molecule has 3 aromatic rings. The smallest absolute Gasteiger partial charge is 0.343 e. The van der Waals surface area contributed by atoms with Crippen molar-refractivity contribution in [1.82, 2.24) is 14.2 Å². The lowest BCUT2D eigenvalue weighted by atomic mass is 10.1. The zero-order chi connectivity index (χ0) is 15.5. The summed E-state index contributed by atoms with van der Waals surface area (Å²) in [5.41, 5.74) is 2.71. The summed E-state index contributed by atoms with van der Waals surface area (Å²) >= 11 is 0. The fourth-order valence-corrected chi connectivity index (χ4v) is 2.38. The number of fused-ring (bicyclic) bond motifs is 1. The largest absolute Gasteiger partial charge is 0.462 e.